The smallest absolute Gasteiger partial charge is 0.263 e. The summed E-state index contributed by atoms with van der Waals surface area (Å²) in [6.07, 6.45) is 0. The Bertz CT molecular complexity index is 1170. The van der Waals surface area contributed by atoms with Gasteiger partial charge >= 0.3 is 0 Å². The molecule has 0 spiro atoms. The van der Waals surface area contributed by atoms with Crippen molar-refractivity contribution < 1.29 is 33.3 Å². The van der Waals surface area contributed by atoms with Crippen LogP contribution in [-0.4, -0.2) is 69.8 Å². The van der Waals surface area contributed by atoms with E-state index in [9.17, 15) is 14.4 Å². The SMILES string of the molecule is COc1ccc(NC(=O)CN2N=N[C@@H]3C(=O)N(c4ccc(OC)c(OC)c4)C(=O)[C@H]32)c(OC)c1. The Morgan fingerprint density at radius 1 is 0.912 bits per heavy atom. The molecule has 0 unspecified atom stereocenters. The predicted molar refractivity (Wildman–Crippen MR) is 119 cm³/mol. The fourth-order valence-electron chi connectivity index (χ4n) is 3.81. The molecular formula is C22H23N5O7. The molecule has 2 aromatic rings. The van der Waals surface area contributed by atoms with Crippen molar-refractivity contribution in [3.05, 3.63) is 36.4 Å². The van der Waals surface area contributed by atoms with Crippen LogP contribution < -0.4 is 29.2 Å². The van der Waals surface area contributed by atoms with E-state index in [-0.39, 0.29) is 6.54 Å². The molecule has 2 heterocycles. The number of nitrogens with zero attached hydrogens (tertiary/aromatic N) is 4. The molecule has 3 amide bonds. The monoisotopic (exact) mass is 469 g/mol. The quantitative estimate of drug-likeness (QED) is 0.578. The van der Waals surface area contributed by atoms with Crippen molar-refractivity contribution in [1.82, 2.24) is 5.01 Å². The summed E-state index contributed by atoms with van der Waals surface area (Å²) in [5.74, 6) is 0.249. The molecule has 34 heavy (non-hydrogen) atoms. The first kappa shape index (κ1) is 22.8. The van der Waals surface area contributed by atoms with Crippen LogP contribution in [0.2, 0.25) is 0 Å². The van der Waals surface area contributed by atoms with Crippen molar-refractivity contribution in [2.45, 2.75) is 12.1 Å². The van der Waals surface area contributed by atoms with Crippen molar-refractivity contribution in [3.8, 4) is 23.0 Å². The highest BCUT2D eigenvalue weighted by atomic mass is 16.5. The van der Waals surface area contributed by atoms with Crippen LogP contribution in [-0.2, 0) is 14.4 Å². The van der Waals surface area contributed by atoms with E-state index in [4.69, 9.17) is 18.9 Å². The Kier molecular flexibility index (Phi) is 6.21. The van der Waals surface area contributed by atoms with Crippen LogP contribution in [0.4, 0.5) is 11.4 Å². The van der Waals surface area contributed by atoms with Gasteiger partial charge in [0.15, 0.2) is 23.6 Å². The van der Waals surface area contributed by atoms with Crippen LogP contribution in [0.3, 0.4) is 0 Å². The van der Waals surface area contributed by atoms with Gasteiger partial charge in [-0.1, -0.05) is 5.22 Å². The largest absolute Gasteiger partial charge is 0.497 e. The molecule has 12 heteroatoms. The average molecular weight is 469 g/mol. The number of methoxy groups -OCH3 is 4. The first-order valence-corrected chi connectivity index (χ1v) is 10.2. The fourth-order valence-corrected chi connectivity index (χ4v) is 3.81. The van der Waals surface area contributed by atoms with Crippen molar-refractivity contribution in [1.29, 1.82) is 0 Å². The van der Waals surface area contributed by atoms with Crippen LogP contribution in [0.25, 0.3) is 0 Å². The Morgan fingerprint density at radius 3 is 2.32 bits per heavy atom. The number of rotatable bonds is 8. The lowest BCUT2D eigenvalue weighted by molar-refractivity contribution is -0.123. The zero-order valence-electron chi connectivity index (χ0n) is 19.0. The summed E-state index contributed by atoms with van der Waals surface area (Å²) in [7, 11) is 5.93. The summed E-state index contributed by atoms with van der Waals surface area (Å²) in [5, 5.41) is 11.8. The number of carbonyl (C=O) groups is 3. The predicted octanol–water partition coefficient (Wildman–Crippen LogP) is 1.65. The summed E-state index contributed by atoms with van der Waals surface area (Å²) in [5.41, 5.74) is 0.728. The lowest BCUT2D eigenvalue weighted by Crippen LogP contribution is -2.43. The summed E-state index contributed by atoms with van der Waals surface area (Å²) in [4.78, 5) is 39.8. The van der Waals surface area contributed by atoms with Gasteiger partial charge in [-0.25, -0.2) is 4.90 Å². The number of hydrogen-bond acceptors (Lipinski definition) is 10. The van der Waals surface area contributed by atoms with E-state index in [0.717, 1.165) is 4.90 Å². The number of nitrogens with one attached hydrogen (secondary N) is 1. The third kappa shape index (κ3) is 3.93. The lowest BCUT2D eigenvalue weighted by atomic mass is 10.1. The van der Waals surface area contributed by atoms with Gasteiger partial charge < -0.3 is 24.3 Å². The first-order chi connectivity index (χ1) is 16.4. The molecule has 0 radical (unpaired) electrons. The van der Waals surface area contributed by atoms with E-state index in [1.165, 1.54) is 39.5 Å². The first-order valence-electron chi connectivity index (χ1n) is 10.2. The van der Waals surface area contributed by atoms with E-state index in [2.05, 4.69) is 15.7 Å². The maximum atomic E-state index is 13.2. The van der Waals surface area contributed by atoms with Gasteiger partial charge in [-0.15, -0.1) is 0 Å². The molecule has 2 aliphatic heterocycles. The number of hydrogen-bond donors (Lipinski definition) is 1. The number of ether oxygens (including phenoxy) is 4. The second kappa shape index (κ2) is 9.25. The Morgan fingerprint density at radius 2 is 1.65 bits per heavy atom. The zero-order chi connectivity index (χ0) is 24.4. The molecule has 0 bridgehead atoms. The number of amides is 3. The van der Waals surface area contributed by atoms with Gasteiger partial charge in [-0.3, -0.25) is 19.4 Å². The second-order valence-electron chi connectivity index (χ2n) is 7.36. The lowest BCUT2D eigenvalue weighted by Gasteiger charge is -2.21. The van der Waals surface area contributed by atoms with Gasteiger partial charge in [0.05, 0.1) is 39.8 Å². The van der Waals surface area contributed by atoms with Crippen LogP contribution >= 0.6 is 0 Å². The molecule has 0 aliphatic carbocycles. The van der Waals surface area contributed by atoms with E-state index >= 15 is 0 Å². The number of imide groups is 1. The van der Waals surface area contributed by atoms with Crippen LogP contribution in [0.15, 0.2) is 46.7 Å². The molecule has 0 saturated carbocycles. The van der Waals surface area contributed by atoms with Gasteiger partial charge in [0.1, 0.15) is 18.0 Å². The van der Waals surface area contributed by atoms with Crippen molar-refractivity contribution in [2.24, 2.45) is 10.3 Å². The van der Waals surface area contributed by atoms with Crippen LogP contribution in [0.5, 0.6) is 23.0 Å². The normalized spacial score (nSPS) is 18.7. The highest BCUT2D eigenvalue weighted by Gasteiger charge is 2.55. The summed E-state index contributed by atoms with van der Waals surface area (Å²) in [6, 6.07) is 7.56. The fraction of sp³-hybridized carbons (Fsp3) is 0.318. The molecule has 0 aromatic heterocycles. The molecule has 1 N–H and O–H groups in total. The molecule has 2 aromatic carbocycles. The van der Waals surface area contributed by atoms with E-state index in [0.29, 0.717) is 34.4 Å². The Hall–Kier alpha value is -4.35. The van der Waals surface area contributed by atoms with Crippen molar-refractivity contribution in [3.63, 3.8) is 0 Å². The second-order valence-corrected chi connectivity index (χ2v) is 7.36. The summed E-state index contributed by atoms with van der Waals surface area (Å²) in [6.45, 7) is -0.293. The highest BCUT2D eigenvalue weighted by molar-refractivity contribution is 6.25. The Labute approximate surface area is 195 Å². The van der Waals surface area contributed by atoms with Gasteiger partial charge in [0.25, 0.3) is 11.8 Å². The highest BCUT2D eigenvalue weighted by Crippen LogP contribution is 2.36. The third-order valence-electron chi connectivity index (χ3n) is 5.47. The molecule has 2 atom stereocenters. The minimum absolute atomic E-state index is 0.293. The molecule has 2 aliphatic rings. The van der Waals surface area contributed by atoms with Crippen molar-refractivity contribution >= 4 is 29.1 Å². The zero-order valence-corrected chi connectivity index (χ0v) is 19.0. The molecule has 178 valence electrons. The summed E-state index contributed by atoms with van der Waals surface area (Å²) >= 11 is 0. The Balaban J connectivity index is 1.50. The third-order valence-corrected chi connectivity index (χ3v) is 5.47. The topological polar surface area (TPSA) is 131 Å². The average Bonchev–Trinajstić information content (AvgIpc) is 3.37. The van der Waals surface area contributed by atoms with Gasteiger partial charge in [-0.05, 0) is 24.3 Å². The maximum absolute atomic E-state index is 13.2. The van der Waals surface area contributed by atoms with Gasteiger partial charge in [0, 0.05) is 12.1 Å². The standard InChI is InChI=1S/C22H23N5O7/c1-31-13-6-7-14(16(10-13)33-3)23-18(28)11-26-20-19(24-25-26)21(29)27(22(20)30)12-5-8-15(32-2)17(9-12)34-4/h5-10,19-20H,11H2,1-4H3,(H,23,28)/t19-,20-/m0/s1. The maximum Gasteiger partial charge on any atom is 0.263 e. The minimum atomic E-state index is -1.04. The molecule has 12 nitrogen and oxygen atoms in total. The minimum Gasteiger partial charge on any atom is -0.497 e. The molecule has 1 saturated heterocycles. The number of fused-ring (bicyclic) bond motifs is 1. The van der Waals surface area contributed by atoms with E-state index < -0.39 is 29.8 Å². The van der Waals surface area contributed by atoms with Gasteiger partial charge in [0.2, 0.25) is 5.91 Å². The van der Waals surface area contributed by atoms with Gasteiger partial charge in [-0.2, -0.15) is 5.11 Å². The summed E-state index contributed by atoms with van der Waals surface area (Å²) < 4.78 is 20.9. The molecular weight excluding hydrogens is 446 g/mol. The van der Waals surface area contributed by atoms with Crippen LogP contribution in [0, 0.1) is 0 Å². The van der Waals surface area contributed by atoms with E-state index in [1.807, 2.05) is 0 Å². The van der Waals surface area contributed by atoms with E-state index in [1.54, 1.807) is 30.3 Å². The molecule has 4 rings (SSSR count). The molecule has 1 fully saturated rings. The number of benzene rings is 2. The number of carbonyl (C=O) groups excluding carboxylic acids is 3. The van der Waals surface area contributed by atoms with Crippen molar-refractivity contribution in [2.75, 3.05) is 45.2 Å². The van der Waals surface area contributed by atoms with Crippen LogP contribution in [0.1, 0.15) is 0 Å². The number of anilines is 2.